The number of aromatic amines is 1. The molecule has 2 aliphatic heterocycles. The van der Waals surface area contributed by atoms with Crippen molar-refractivity contribution in [2.45, 2.75) is 51.2 Å². The molecule has 34 heavy (non-hydrogen) atoms. The van der Waals surface area contributed by atoms with Gasteiger partial charge in [-0.15, -0.1) is 0 Å². The first-order valence-electron chi connectivity index (χ1n) is 12.0. The van der Waals surface area contributed by atoms with Gasteiger partial charge in [0.05, 0.1) is 12.7 Å². The van der Waals surface area contributed by atoms with E-state index in [0.717, 1.165) is 65.7 Å². The number of hydrogen-bond donors (Lipinski definition) is 2. The number of carbonyl (C=O) groups excluding carboxylic acids is 1. The summed E-state index contributed by atoms with van der Waals surface area (Å²) in [4.78, 5) is 31.7. The van der Waals surface area contributed by atoms with Crippen LogP contribution in [0.15, 0.2) is 42.6 Å². The van der Waals surface area contributed by atoms with Crippen LogP contribution < -0.4 is 4.74 Å². The fourth-order valence-electron chi connectivity index (χ4n) is 5.70. The highest BCUT2D eigenvalue weighted by molar-refractivity contribution is 5.88. The number of likely N-dealkylation sites (tertiary alicyclic amines) is 2. The molecule has 0 saturated carbocycles. The van der Waals surface area contributed by atoms with Crippen molar-refractivity contribution in [1.82, 2.24) is 14.8 Å². The zero-order valence-electron chi connectivity index (χ0n) is 19.7. The van der Waals surface area contributed by atoms with Gasteiger partial charge in [-0.05, 0) is 61.6 Å². The number of rotatable bonds is 6. The molecule has 7 nitrogen and oxygen atoms in total. The monoisotopic (exact) mass is 461 g/mol. The van der Waals surface area contributed by atoms with Gasteiger partial charge in [0.25, 0.3) is 0 Å². The summed E-state index contributed by atoms with van der Waals surface area (Å²) in [6, 6.07) is 11.7. The Kier molecular flexibility index (Phi) is 6.04. The lowest BCUT2D eigenvalue weighted by atomic mass is 9.89. The number of benzene rings is 2. The molecule has 5 rings (SSSR count). The lowest BCUT2D eigenvalue weighted by Crippen LogP contribution is -2.46. The highest BCUT2D eigenvalue weighted by atomic mass is 16.5. The van der Waals surface area contributed by atoms with E-state index in [1.54, 1.807) is 19.2 Å². The number of amides is 1. The summed E-state index contributed by atoms with van der Waals surface area (Å²) >= 11 is 0. The van der Waals surface area contributed by atoms with Crippen LogP contribution in [0.4, 0.5) is 0 Å². The predicted molar refractivity (Wildman–Crippen MR) is 130 cm³/mol. The molecule has 2 aliphatic rings. The molecule has 0 radical (unpaired) electrons. The number of aromatic nitrogens is 1. The van der Waals surface area contributed by atoms with Gasteiger partial charge in [0.1, 0.15) is 5.75 Å². The maximum Gasteiger partial charge on any atom is 0.335 e. The summed E-state index contributed by atoms with van der Waals surface area (Å²) in [6.45, 7) is 4.48. The first-order chi connectivity index (χ1) is 16.5. The van der Waals surface area contributed by atoms with Crippen LogP contribution in [0.1, 0.15) is 58.8 Å². The van der Waals surface area contributed by atoms with Crippen LogP contribution in [-0.4, -0.2) is 58.0 Å². The summed E-state index contributed by atoms with van der Waals surface area (Å²) < 4.78 is 5.79. The van der Waals surface area contributed by atoms with E-state index >= 15 is 0 Å². The third kappa shape index (κ3) is 4.05. The first kappa shape index (κ1) is 22.5. The second-order valence-corrected chi connectivity index (χ2v) is 9.42. The Labute approximate surface area is 199 Å². The Bertz CT molecular complexity index is 1220. The Balaban J connectivity index is 1.49. The van der Waals surface area contributed by atoms with Crippen molar-refractivity contribution >= 4 is 22.8 Å². The molecule has 0 spiro atoms. The number of nitrogens with one attached hydrogen (secondary N) is 1. The SMILES string of the molecule is COc1cc(C)c2[nH]ccc2c1CN1CCC(N2CCCC2=O)CC1c1ccc(C(=O)O)cc1. The second kappa shape index (κ2) is 9.14. The normalized spacial score (nSPS) is 21.4. The molecular weight excluding hydrogens is 430 g/mol. The molecule has 2 aromatic carbocycles. The molecule has 1 amide bonds. The van der Waals surface area contributed by atoms with Gasteiger partial charge in [-0.2, -0.15) is 0 Å². The summed E-state index contributed by atoms with van der Waals surface area (Å²) in [5.41, 5.74) is 4.78. The first-order valence-corrected chi connectivity index (χ1v) is 12.0. The van der Waals surface area contributed by atoms with Crippen molar-refractivity contribution < 1.29 is 19.4 Å². The molecule has 1 aromatic heterocycles. The lowest BCUT2D eigenvalue weighted by molar-refractivity contribution is -0.131. The number of nitrogens with zero attached hydrogens (tertiary/aromatic N) is 2. The number of H-pyrrole nitrogens is 1. The summed E-state index contributed by atoms with van der Waals surface area (Å²) in [7, 11) is 1.71. The van der Waals surface area contributed by atoms with E-state index in [-0.39, 0.29) is 23.6 Å². The summed E-state index contributed by atoms with van der Waals surface area (Å²) in [5.74, 6) is 0.209. The van der Waals surface area contributed by atoms with Crippen molar-refractivity contribution in [3.05, 3.63) is 64.8 Å². The number of fused-ring (bicyclic) bond motifs is 1. The van der Waals surface area contributed by atoms with Crippen molar-refractivity contribution in [3.8, 4) is 5.75 Å². The molecule has 2 unspecified atom stereocenters. The molecule has 2 atom stereocenters. The molecule has 0 aliphatic carbocycles. The zero-order chi connectivity index (χ0) is 23.8. The van der Waals surface area contributed by atoms with Crippen molar-refractivity contribution in [2.24, 2.45) is 0 Å². The van der Waals surface area contributed by atoms with Gasteiger partial charge in [-0.3, -0.25) is 9.69 Å². The van der Waals surface area contributed by atoms with E-state index in [4.69, 9.17) is 4.74 Å². The van der Waals surface area contributed by atoms with Gasteiger partial charge in [-0.1, -0.05) is 12.1 Å². The average Bonchev–Trinajstić information content (AvgIpc) is 3.50. The van der Waals surface area contributed by atoms with E-state index in [0.29, 0.717) is 13.0 Å². The van der Waals surface area contributed by atoms with Gasteiger partial charge in [0, 0.05) is 60.8 Å². The van der Waals surface area contributed by atoms with Crippen molar-refractivity contribution in [3.63, 3.8) is 0 Å². The average molecular weight is 462 g/mol. The minimum Gasteiger partial charge on any atom is -0.496 e. The molecule has 3 aromatic rings. The Hall–Kier alpha value is -3.32. The number of ether oxygens (including phenoxy) is 1. The zero-order valence-corrected chi connectivity index (χ0v) is 19.7. The third-order valence-electron chi connectivity index (χ3n) is 7.47. The lowest BCUT2D eigenvalue weighted by Gasteiger charge is -2.43. The fraction of sp³-hybridized carbons (Fsp3) is 0.407. The number of carbonyl (C=O) groups is 2. The van der Waals surface area contributed by atoms with Crippen LogP contribution in [0.3, 0.4) is 0 Å². The Morgan fingerprint density at radius 3 is 2.68 bits per heavy atom. The smallest absolute Gasteiger partial charge is 0.335 e. The maximum absolute atomic E-state index is 12.5. The number of carboxylic acid groups (broad SMARTS) is 1. The molecule has 178 valence electrons. The van der Waals surface area contributed by atoms with Crippen LogP contribution in [0.25, 0.3) is 10.9 Å². The quantitative estimate of drug-likeness (QED) is 0.564. The third-order valence-corrected chi connectivity index (χ3v) is 7.47. The van der Waals surface area contributed by atoms with Crippen LogP contribution in [0.5, 0.6) is 5.75 Å². The second-order valence-electron chi connectivity index (χ2n) is 9.42. The van der Waals surface area contributed by atoms with Crippen LogP contribution in [0.2, 0.25) is 0 Å². The number of methoxy groups -OCH3 is 1. The molecule has 7 heteroatoms. The van der Waals surface area contributed by atoms with Crippen LogP contribution in [-0.2, 0) is 11.3 Å². The minimum absolute atomic E-state index is 0.0787. The largest absolute Gasteiger partial charge is 0.496 e. The highest BCUT2D eigenvalue weighted by Gasteiger charge is 2.36. The van der Waals surface area contributed by atoms with Gasteiger partial charge in [0.2, 0.25) is 5.91 Å². The van der Waals surface area contributed by atoms with E-state index < -0.39 is 5.97 Å². The number of piperidine rings is 1. The number of carboxylic acids is 1. The van der Waals surface area contributed by atoms with Crippen LogP contribution >= 0.6 is 0 Å². The molecular formula is C27H31N3O4. The van der Waals surface area contributed by atoms with Crippen molar-refractivity contribution in [2.75, 3.05) is 20.2 Å². The van der Waals surface area contributed by atoms with Crippen molar-refractivity contribution in [1.29, 1.82) is 0 Å². The van der Waals surface area contributed by atoms with Gasteiger partial charge >= 0.3 is 5.97 Å². The maximum atomic E-state index is 12.5. The molecule has 2 N–H and O–H groups in total. The summed E-state index contributed by atoms with van der Waals surface area (Å²) in [5, 5.41) is 10.5. The Morgan fingerprint density at radius 1 is 1.21 bits per heavy atom. The number of aromatic carboxylic acids is 1. The topological polar surface area (TPSA) is 85.9 Å². The minimum atomic E-state index is -0.924. The molecule has 3 heterocycles. The van der Waals surface area contributed by atoms with Gasteiger partial charge in [-0.25, -0.2) is 4.79 Å². The van der Waals surface area contributed by atoms with E-state index in [1.807, 2.05) is 18.3 Å². The van der Waals surface area contributed by atoms with E-state index in [9.17, 15) is 14.7 Å². The standard InChI is InChI=1S/C27H31N3O4/c1-17-14-24(34-2)22(21-9-11-28-26(17)21)16-29-13-10-20(30-12-3-4-25(30)31)15-23(29)18-5-7-19(8-6-18)27(32)33/h5-9,11,14,20,23,28H,3-4,10,12-13,15-16H2,1-2H3,(H,32,33). The summed E-state index contributed by atoms with van der Waals surface area (Å²) in [6.07, 6.45) is 5.31. The van der Waals surface area contributed by atoms with E-state index in [1.165, 1.54) is 0 Å². The number of hydrogen-bond acceptors (Lipinski definition) is 4. The Morgan fingerprint density at radius 2 is 2.00 bits per heavy atom. The predicted octanol–water partition coefficient (Wildman–Crippen LogP) is 4.51. The molecule has 2 fully saturated rings. The van der Waals surface area contributed by atoms with Gasteiger partial charge in [0.15, 0.2) is 0 Å². The van der Waals surface area contributed by atoms with E-state index in [2.05, 4.69) is 33.8 Å². The van der Waals surface area contributed by atoms with Gasteiger partial charge < -0.3 is 19.7 Å². The fourth-order valence-corrected chi connectivity index (χ4v) is 5.70. The molecule has 2 saturated heterocycles. The number of aryl methyl sites for hydroxylation is 1. The molecule has 0 bridgehead atoms. The van der Waals surface area contributed by atoms with Crippen LogP contribution in [0, 0.1) is 6.92 Å². The highest BCUT2D eigenvalue weighted by Crippen LogP contribution is 2.39.